The fourth-order valence-electron chi connectivity index (χ4n) is 5.23. The van der Waals surface area contributed by atoms with Gasteiger partial charge in [0.15, 0.2) is 17.9 Å². The van der Waals surface area contributed by atoms with Gasteiger partial charge in [-0.1, -0.05) is 31.9 Å². The van der Waals surface area contributed by atoms with Crippen molar-refractivity contribution in [1.29, 1.82) is 0 Å². The second kappa shape index (κ2) is 15.8. The van der Waals surface area contributed by atoms with Gasteiger partial charge in [-0.15, -0.1) is 5.10 Å². The van der Waals surface area contributed by atoms with Gasteiger partial charge in [-0.3, -0.25) is 18.5 Å². The first-order valence-corrected chi connectivity index (χ1v) is 16.9. The molecule has 3 aromatic rings. The number of nitrogens with zero attached hydrogens (tertiary/aromatic N) is 4. The van der Waals surface area contributed by atoms with E-state index in [1.807, 2.05) is 13.8 Å². The van der Waals surface area contributed by atoms with Crippen molar-refractivity contribution in [3.63, 3.8) is 0 Å². The zero-order valence-corrected chi connectivity index (χ0v) is 28.5. The number of H-pyrrole nitrogens is 1. The third-order valence-corrected chi connectivity index (χ3v) is 8.91. The van der Waals surface area contributed by atoms with Crippen LogP contribution in [0.15, 0.2) is 40.2 Å². The summed E-state index contributed by atoms with van der Waals surface area (Å²) in [6, 6.07) is 5.14. The van der Waals surface area contributed by atoms with E-state index in [0.717, 1.165) is 17.2 Å². The molecule has 4 rings (SSSR count). The molecule has 4 atom stereocenters. The van der Waals surface area contributed by atoms with Crippen LogP contribution in [0, 0.1) is 6.92 Å². The Balaban J connectivity index is 1.90. The lowest BCUT2D eigenvalue weighted by atomic mass is 9.92. The molecule has 0 saturated carbocycles. The molecule has 0 spiro atoms. The molecule has 19 heteroatoms. The molecule has 2 aromatic heterocycles. The predicted octanol–water partition coefficient (Wildman–Crippen LogP) is 3.16. The van der Waals surface area contributed by atoms with Crippen LogP contribution in [0.25, 0.3) is 0 Å². The smallest absolute Gasteiger partial charge is 0.497 e. The number of nitrogens with one attached hydrogen (secondary N) is 1. The van der Waals surface area contributed by atoms with Gasteiger partial charge in [0, 0.05) is 36.6 Å². The molecule has 1 aliphatic rings. The molecule has 0 bridgehead atoms. The topological polar surface area (TPSA) is 175 Å². The van der Waals surface area contributed by atoms with E-state index in [9.17, 15) is 31.2 Å². The zero-order chi connectivity index (χ0) is 36.0. The monoisotopic (exact) mass is 719 g/mol. The largest absolute Gasteiger partial charge is 0.523 e. The number of hydrogen-bond donors (Lipinski definition) is 1. The number of aromatic amines is 1. The van der Waals surface area contributed by atoms with Gasteiger partial charge >= 0.3 is 21.3 Å². The molecule has 0 radical (unpaired) electrons. The number of rotatable bonds is 17. The fourth-order valence-corrected chi connectivity index (χ4v) is 5.83. The van der Waals surface area contributed by atoms with Crippen LogP contribution in [0.2, 0.25) is 0 Å². The summed E-state index contributed by atoms with van der Waals surface area (Å²) in [5.74, 6) is 1.03. The number of benzene rings is 1. The standard InChI is InChI=1S/C30H40F3N5O10S/c1-6-8-12-45-18-29(23-17-37(36-35-23)16-20-10-11-21(43-4)14-22(20)44-5)25(46-13-9-7-2)24(48-49(41,42)30(31,32)33)27(47-29)38-15-19(3)26(39)34-28(38)40/h10-11,14-15,17,24-25,27H,6-9,12-13,16,18H2,1-5H3,(H,34,39,40)/t24-,25?,27+,29-/m0/s1. The van der Waals surface area contributed by atoms with Crippen LogP contribution in [0.3, 0.4) is 0 Å². The molecule has 1 saturated heterocycles. The Morgan fingerprint density at radius 1 is 1.06 bits per heavy atom. The van der Waals surface area contributed by atoms with Crippen LogP contribution >= 0.6 is 0 Å². The van der Waals surface area contributed by atoms with Gasteiger partial charge in [0.2, 0.25) is 0 Å². The van der Waals surface area contributed by atoms with Crippen molar-refractivity contribution in [3.8, 4) is 11.5 Å². The highest BCUT2D eigenvalue weighted by Crippen LogP contribution is 2.48. The van der Waals surface area contributed by atoms with E-state index in [0.29, 0.717) is 36.3 Å². The van der Waals surface area contributed by atoms with Crippen LogP contribution in [-0.4, -0.2) is 84.7 Å². The van der Waals surface area contributed by atoms with E-state index < -0.39 is 57.5 Å². The lowest BCUT2D eigenvalue weighted by Crippen LogP contribution is -2.49. The first-order valence-electron chi connectivity index (χ1n) is 15.5. The Labute approximate surface area is 280 Å². The SMILES string of the molecule is CCCCOC[C@@]1(c2cn(Cc3ccc(OC)cc3OC)nn2)O[C@@H](n2cc(C)c(=O)[nH]c2=O)[C@@H](OS(=O)(=O)C(F)(F)F)C1OCCCC. The summed E-state index contributed by atoms with van der Waals surface area (Å²) in [6.45, 7) is 4.95. The number of hydrogen-bond acceptors (Lipinski definition) is 12. The molecular weight excluding hydrogens is 679 g/mol. The van der Waals surface area contributed by atoms with E-state index in [4.69, 9.17) is 27.9 Å². The van der Waals surface area contributed by atoms with Gasteiger partial charge in [-0.25, -0.2) is 9.48 Å². The minimum Gasteiger partial charge on any atom is -0.497 e. The van der Waals surface area contributed by atoms with E-state index in [-0.39, 0.29) is 31.0 Å². The molecule has 0 amide bonds. The van der Waals surface area contributed by atoms with Gasteiger partial charge in [0.1, 0.15) is 23.3 Å². The summed E-state index contributed by atoms with van der Waals surface area (Å²) >= 11 is 0. The van der Waals surface area contributed by atoms with Crippen molar-refractivity contribution in [2.75, 3.05) is 34.0 Å². The Morgan fingerprint density at radius 2 is 1.78 bits per heavy atom. The molecule has 49 heavy (non-hydrogen) atoms. The van der Waals surface area contributed by atoms with Crippen molar-refractivity contribution in [1.82, 2.24) is 24.5 Å². The molecule has 0 aliphatic carbocycles. The summed E-state index contributed by atoms with van der Waals surface area (Å²) in [4.78, 5) is 27.4. The first kappa shape index (κ1) is 38.0. The molecule has 1 unspecified atom stereocenters. The maximum Gasteiger partial charge on any atom is 0.523 e. The molecule has 1 N–H and O–H groups in total. The normalized spacial score (nSPS) is 21.3. The van der Waals surface area contributed by atoms with Crippen LogP contribution in [0.1, 0.15) is 62.6 Å². The highest BCUT2D eigenvalue weighted by Gasteiger charge is 2.63. The van der Waals surface area contributed by atoms with E-state index in [1.54, 1.807) is 18.2 Å². The van der Waals surface area contributed by atoms with Gasteiger partial charge < -0.3 is 23.7 Å². The molecule has 1 aliphatic heterocycles. The van der Waals surface area contributed by atoms with Crippen LogP contribution in [0.4, 0.5) is 13.2 Å². The van der Waals surface area contributed by atoms with Crippen molar-refractivity contribution in [2.45, 2.75) is 82.5 Å². The summed E-state index contributed by atoms with van der Waals surface area (Å²) in [7, 11) is -3.29. The van der Waals surface area contributed by atoms with Gasteiger partial charge in [-0.05, 0) is 31.9 Å². The molecular formula is C30H40F3N5O10S. The Bertz CT molecular complexity index is 1800. The van der Waals surface area contributed by atoms with Crippen molar-refractivity contribution in [3.05, 3.63) is 68.3 Å². The Morgan fingerprint density at radius 3 is 2.43 bits per heavy atom. The second-order valence-electron chi connectivity index (χ2n) is 11.4. The quantitative estimate of drug-likeness (QED) is 0.123. The fraction of sp³-hybridized carbons (Fsp3) is 0.600. The van der Waals surface area contributed by atoms with E-state index >= 15 is 0 Å². The molecule has 3 heterocycles. The minimum atomic E-state index is -6.28. The van der Waals surface area contributed by atoms with Gasteiger partial charge in [-0.2, -0.15) is 21.6 Å². The number of methoxy groups -OCH3 is 2. The predicted molar refractivity (Wildman–Crippen MR) is 167 cm³/mol. The molecule has 272 valence electrons. The van der Waals surface area contributed by atoms with Crippen LogP contribution in [-0.2, 0) is 40.7 Å². The molecule has 1 fully saturated rings. The Hall–Kier alpha value is -3.78. The maximum atomic E-state index is 13.8. The third kappa shape index (κ3) is 8.34. The summed E-state index contributed by atoms with van der Waals surface area (Å²) in [5, 5.41) is 8.49. The number of halogens is 3. The number of unbranched alkanes of at least 4 members (excludes halogenated alkanes) is 2. The number of aromatic nitrogens is 5. The van der Waals surface area contributed by atoms with Crippen molar-refractivity contribution in [2.24, 2.45) is 0 Å². The Kier molecular flexibility index (Phi) is 12.3. The first-order chi connectivity index (χ1) is 23.2. The average molecular weight is 720 g/mol. The van der Waals surface area contributed by atoms with E-state index in [2.05, 4.69) is 15.3 Å². The second-order valence-corrected chi connectivity index (χ2v) is 12.9. The number of alkyl halides is 3. The summed E-state index contributed by atoms with van der Waals surface area (Å²) in [5.41, 5.74) is -9.01. The minimum absolute atomic E-state index is 0.00678. The van der Waals surface area contributed by atoms with Crippen molar-refractivity contribution < 1.29 is 49.5 Å². The number of aryl methyl sites for hydroxylation is 1. The third-order valence-electron chi connectivity index (χ3n) is 7.86. The average Bonchev–Trinajstić information content (AvgIpc) is 3.64. The number of ether oxygens (including phenoxy) is 5. The van der Waals surface area contributed by atoms with Gasteiger partial charge in [0.05, 0.1) is 33.6 Å². The highest BCUT2D eigenvalue weighted by atomic mass is 32.2. The summed E-state index contributed by atoms with van der Waals surface area (Å²) in [6.07, 6.45) is -0.784. The van der Waals surface area contributed by atoms with E-state index in [1.165, 1.54) is 32.0 Å². The van der Waals surface area contributed by atoms with Crippen LogP contribution in [0.5, 0.6) is 11.5 Å². The van der Waals surface area contributed by atoms with Crippen molar-refractivity contribution >= 4 is 10.1 Å². The molecule has 1 aromatic carbocycles. The lowest BCUT2D eigenvalue weighted by Gasteiger charge is -2.33. The zero-order valence-electron chi connectivity index (χ0n) is 27.7. The summed E-state index contributed by atoms with van der Waals surface area (Å²) < 4.78 is 103. The lowest BCUT2D eigenvalue weighted by molar-refractivity contribution is -0.161. The maximum absolute atomic E-state index is 13.8. The highest BCUT2D eigenvalue weighted by molar-refractivity contribution is 7.87. The van der Waals surface area contributed by atoms with Gasteiger partial charge in [0.25, 0.3) is 5.56 Å². The van der Waals surface area contributed by atoms with Crippen LogP contribution < -0.4 is 20.7 Å². The molecule has 15 nitrogen and oxygen atoms in total.